The zero-order valence-corrected chi connectivity index (χ0v) is 13.1. The Kier molecular flexibility index (Phi) is 3.41. The van der Waals surface area contributed by atoms with Gasteiger partial charge in [0.15, 0.2) is 0 Å². The highest BCUT2D eigenvalue weighted by Gasteiger charge is 2.69. The Labute approximate surface area is 136 Å². The van der Waals surface area contributed by atoms with E-state index in [-0.39, 0.29) is 18.9 Å². The van der Waals surface area contributed by atoms with Crippen molar-refractivity contribution in [2.45, 2.75) is 18.8 Å². The van der Waals surface area contributed by atoms with Crippen LogP contribution in [0.1, 0.15) is 12.1 Å². The fourth-order valence-corrected chi connectivity index (χ4v) is 4.01. The van der Waals surface area contributed by atoms with Gasteiger partial charge in [-0.1, -0.05) is 6.07 Å². The maximum Gasteiger partial charge on any atom is 0.256 e. The van der Waals surface area contributed by atoms with Crippen molar-refractivity contribution in [3.05, 3.63) is 35.5 Å². The van der Waals surface area contributed by atoms with Gasteiger partial charge in [-0.2, -0.15) is 0 Å². The van der Waals surface area contributed by atoms with Crippen LogP contribution in [0.4, 0.5) is 8.78 Å². The SMILES string of the molecule is O=C(Cc1csc(-c2ccccn2)n1)N1CC[C@H]2[C@H](C1)C2(F)F. The maximum absolute atomic E-state index is 13.4. The van der Waals surface area contributed by atoms with Crippen molar-refractivity contribution in [1.82, 2.24) is 14.9 Å². The molecule has 23 heavy (non-hydrogen) atoms. The van der Waals surface area contributed by atoms with E-state index in [9.17, 15) is 13.6 Å². The zero-order valence-electron chi connectivity index (χ0n) is 12.3. The number of pyridine rings is 1. The lowest BCUT2D eigenvalue weighted by molar-refractivity contribution is -0.131. The molecular weight excluding hydrogens is 320 g/mol. The molecule has 2 atom stereocenters. The number of hydrogen-bond acceptors (Lipinski definition) is 4. The minimum Gasteiger partial charge on any atom is -0.342 e. The van der Waals surface area contributed by atoms with E-state index in [0.717, 1.165) is 10.7 Å². The molecular formula is C16H15F2N3OS. The van der Waals surface area contributed by atoms with Gasteiger partial charge >= 0.3 is 0 Å². The van der Waals surface area contributed by atoms with Gasteiger partial charge in [-0.25, -0.2) is 13.8 Å². The molecule has 0 spiro atoms. The third-order valence-corrected chi connectivity index (χ3v) is 5.53. The van der Waals surface area contributed by atoms with Crippen molar-refractivity contribution in [3.8, 4) is 10.7 Å². The molecule has 4 rings (SSSR count). The summed E-state index contributed by atoms with van der Waals surface area (Å²) < 4.78 is 26.8. The molecule has 0 radical (unpaired) electrons. The molecule has 0 unspecified atom stereocenters. The number of rotatable bonds is 3. The van der Waals surface area contributed by atoms with Crippen molar-refractivity contribution >= 4 is 17.2 Å². The number of likely N-dealkylation sites (tertiary alicyclic amines) is 1. The largest absolute Gasteiger partial charge is 0.342 e. The van der Waals surface area contributed by atoms with Gasteiger partial charge in [-0.05, 0) is 18.6 Å². The van der Waals surface area contributed by atoms with Gasteiger partial charge in [0.05, 0.1) is 17.8 Å². The summed E-state index contributed by atoms with van der Waals surface area (Å²) in [6.07, 6.45) is 2.26. The van der Waals surface area contributed by atoms with Gasteiger partial charge in [-0.3, -0.25) is 9.78 Å². The van der Waals surface area contributed by atoms with E-state index in [1.165, 1.54) is 11.3 Å². The number of alkyl halides is 2. The number of piperidine rings is 1. The predicted molar refractivity (Wildman–Crippen MR) is 82.2 cm³/mol. The van der Waals surface area contributed by atoms with Crippen LogP contribution in [0.5, 0.6) is 0 Å². The molecule has 0 bridgehead atoms. The molecule has 4 nitrogen and oxygen atoms in total. The Morgan fingerprint density at radius 3 is 3.00 bits per heavy atom. The Hall–Kier alpha value is -1.89. The summed E-state index contributed by atoms with van der Waals surface area (Å²) in [5, 5.41) is 2.60. The number of amides is 1. The number of carbonyl (C=O) groups is 1. The topological polar surface area (TPSA) is 46.1 Å². The number of halogens is 2. The molecule has 0 N–H and O–H groups in total. The average Bonchev–Trinajstić information content (AvgIpc) is 2.91. The van der Waals surface area contributed by atoms with Crippen LogP contribution in [-0.4, -0.2) is 39.8 Å². The summed E-state index contributed by atoms with van der Waals surface area (Å²) in [4.78, 5) is 22.5. The monoisotopic (exact) mass is 335 g/mol. The molecule has 1 saturated heterocycles. The average molecular weight is 335 g/mol. The number of carbonyl (C=O) groups excluding carboxylic acids is 1. The highest BCUT2D eigenvalue weighted by atomic mass is 32.1. The van der Waals surface area contributed by atoms with Gasteiger partial charge < -0.3 is 4.90 Å². The number of nitrogens with zero attached hydrogens (tertiary/aromatic N) is 3. The predicted octanol–water partition coefficient (Wildman–Crippen LogP) is 2.86. The molecule has 1 aliphatic heterocycles. The fraction of sp³-hybridized carbons (Fsp3) is 0.438. The van der Waals surface area contributed by atoms with Crippen LogP contribution in [-0.2, 0) is 11.2 Å². The van der Waals surface area contributed by atoms with Crippen molar-refractivity contribution in [2.24, 2.45) is 11.8 Å². The Balaban J connectivity index is 1.41. The van der Waals surface area contributed by atoms with Crippen LogP contribution < -0.4 is 0 Å². The molecule has 2 fully saturated rings. The second-order valence-electron chi connectivity index (χ2n) is 6.05. The van der Waals surface area contributed by atoms with E-state index in [4.69, 9.17) is 0 Å². The zero-order chi connectivity index (χ0) is 16.0. The first-order valence-corrected chi connectivity index (χ1v) is 8.45. The van der Waals surface area contributed by atoms with Crippen molar-refractivity contribution in [1.29, 1.82) is 0 Å². The quantitative estimate of drug-likeness (QED) is 0.866. The molecule has 1 aliphatic carbocycles. The van der Waals surface area contributed by atoms with Crippen LogP contribution >= 0.6 is 11.3 Å². The third kappa shape index (κ3) is 2.63. The summed E-state index contributed by atoms with van der Waals surface area (Å²) in [6, 6.07) is 5.58. The lowest BCUT2D eigenvalue weighted by Crippen LogP contribution is -2.38. The Morgan fingerprint density at radius 1 is 1.39 bits per heavy atom. The Bertz CT molecular complexity index is 734. The van der Waals surface area contributed by atoms with E-state index in [1.807, 2.05) is 23.6 Å². The number of hydrogen-bond donors (Lipinski definition) is 0. The molecule has 1 saturated carbocycles. The van der Waals surface area contributed by atoms with Crippen LogP contribution in [0.2, 0.25) is 0 Å². The maximum atomic E-state index is 13.4. The number of thiazole rings is 1. The van der Waals surface area contributed by atoms with E-state index < -0.39 is 17.8 Å². The van der Waals surface area contributed by atoms with Crippen LogP contribution in [0.15, 0.2) is 29.8 Å². The van der Waals surface area contributed by atoms with Gasteiger partial charge in [0, 0.05) is 36.5 Å². The second kappa shape index (κ2) is 5.33. The molecule has 2 aromatic heterocycles. The molecule has 3 heterocycles. The lowest BCUT2D eigenvalue weighted by atomic mass is 10.1. The third-order valence-electron chi connectivity index (χ3n) is 4.61. The number of aromatic nitrogens is 2. The highest BCUT2D eigenvalue weighted by Crippen LogP contribution is 2.59. The highest BCUT2D eigenvalue weighted by molar-refractivity contribution is 7.13. The van der Waals surface area contributed by atoms with Crippen LogP contribution in [0.3, 0.4) is 0 Å². The summed E-state index contributed by atoms with van der Waals surface area (Å²) >= 11 is 1.44. The standard InChI is InChI=1S/C16H15F2N3OS/c17-16(18)11-4-6-21(8-12(11)16)14(22)7-10-9-23-15(20-10)13-3-1-2-5-19-13/h1-3,5,9,11-12H,4,6-8H2/t11-,12-/m0/s1. The fourth-order valence-electron chi connectivity index (χ4n) is 3.22. The first-order valence-electron chi connectivity index (χ1n) is 7.57. The lowest BCUT2D eigenvalue weighted by Gasteiger charge is -2.25. The van der Waals surface area contributed by atoms with Gasteiger partial charge in [0.1, 0.15) is 5.01 Å². The summed E-state index contributed by atoms with van der Waals surface area (Å²) in [6.45, 7) is 0.598. The van der Waals surface area contributed by atoms with Crippen molar-refractivity contribution in [2.75, 3.05) is 13.1 Å². The van der Waals surface area contributed by atoms with Crippen LogP contribution in [0, 0.1) is 11.8 Å². The summed E-state index contributed by atoms with van der Waals surface area (Å²) in [5.41, 5.74) is 1.44. The number of fused-ring (bicyclic) bond motifs is 1. The van der Waals surface area contributed by atoms with Crippen molar-refractivity contribution in [3.63, 3.8) is 0 Å². The van der Waals surface area contributed by atoms with Gasteiger partial charge in [0.2, 0.25) is 5.91 Å². The molecule has 2 aromatic rings. The van der Waals surface area contributed by atoms with E-state index in [2.05, 4.69) is 9.97 Å². The first kappa shape index (κ1) is 14.7. The summed E-state index contributed by atoms with van der Waals surface area (Å²) in [7, 11) is 0. The van der Waals surface area contributed by atoms with E-state index >= 15 is 0 Å². The molecule has 120 valence electrons. The normalized spacial score (nSPS) is 25.0. The Morgan fingerprint density at radius 2 is 2.26 bits per heavy atom. The molecule has 7 heteroatoms. The second-order valence-corrected chi connectivity index (χ2v) is 6.91. The summed E-state index contributed by atoms with van der Waals surface area (Å²) in [5.74, 6) is -3.84. The van der Waals surface area contributed by atoms with Crippen LogP contribution in [0.25, 0.3) is 10.7 Å². The molecule has 1 amide bonds. The minimum absolute atomic E-state index is 0.121. The minimum atomic E-state index is -2.57. The van der Waals surface area contributed by atoms with Gasteiger partial charge in [0.25, 0.3) is 5.92 Å². The van der Waals surface area contributed by atoms with Gasteiger partial charge in [-0.15, -0.1) is 11.3 Å². The smallest absolute Gasteiger partial charge is 0.256 e. The molecule has 0 aromatic carbocycles. The first-order chi connectivity index (χ1) is 11.1. The van der Waals surface area contributed by atoms with Crippen molar-refractivity contribution < 1.29 is 13.6 Å². The van der Waals surface area contributed by atoms with E-state index in [0.29, 0.717) is 18.7 Å². The van der Waals surface area contributed by atoms with E-state index in [1.54, 1.807) is 11.1 Å². The molecule has 2 aliphatic rings.